The molecule has 0 saturated carbocycles. The maximum atomic E-state index is 14.0. The van der Waals surface area contributed by atoms with Crippen LogP contribution in [0.5, 0.6) is 0 Å². The summed E-state index contributed by atoms with van der Waals surface area (Å²) in [4.78, 5) is 32.0. The minimum atomic E-state index is -0.898. The summed E-state index contributed by atoms with van der Waals surface area (Å²) in [6, 6.07) is 30.3. The molecule has 1 atom stereocenters. The Labute approximate surface area is 239 Å². The van der Waals surface area contributed by atoms with Crippen LogP contribution in [0.3, 0.4) is 0 Å². The Kier molecular flexibility index (Phi) is 7.41. The molecule has 2 heterocycles. The molecule has 0 bridgehead atoms. The van der Waals surface area contributed by atoms with E-state index in [4.69, 9.17) is 0 Å². The number of rotatable bonds is 8. The molecule has 1 unspecified atom stereocenters. The van der Waals surface area contributed by atoms with Crippen molar-refractivity contribution in [2.75, 3.05) is 5.32 Å². The van der Waals surface area contributed by atoms with Crippen molar-refractivity contribution >= 4 is 17.5 Å². The van der Waals surface area contributed by atoms with Gasteiger partial charge in [0.15, 0.2) is 0 Å². The quantitative estimate of drug-likeness (QED) is 0.270. The van der Waals surface area contributed by atoms with Crippen molar-refractivity contribution in [3.63, 3.8) is 0 Å². The molecule has 0 fully saturated rings. The number of carbonyl (C=O) groups excluding carboxylic acids is 2. The van der Waals surface area contributed by atoms with Gasteiger partial charge in [0, 0.05) is 36.7 Å². The first-order valence-corrected chi connectivity index (χ1v) is 13.9. The standard InChI is InChI=1S/C34H31N5O2/c1-39-30(20-22-36-39)33(40)38-32(31(24-9-4-2-5-10-24)25-11-6-3-7-12-25)34(41)37-26-17-15-23(16-18-26)27-19-21-35-29-14-8-13-28(27)29/h2-7,9-12,15-22,31-32H,8,13-14H2,1H3,(H,37,41)(H,38,40). The van der Waals surface area contributed by atoms with Crippen molar-refractivity contribution in [3.05, 3.63) is 138 Å². The molecule has 1 aliphatic carbocycles. The maximum absolute atomic E-state index is 14.0. The maximum Gasteiger partial charge on any atom is 0.270 e. The summed E-state index contributed by atoms with van der Waals surface area (Å²) in [6.07, 6.45) is 6.62. The fraction of sp³-hybridized carbons (Fsp3) is 0.176. The van der Waals surface area contributed by atoms with Crippen LogP contribution < -0.4 is 10.6 Å². The zero-order valence-corrected chi connectivity index (χ0v) is 22.8. The van der Waals surface area contributed by atoms with Crippen LogP contribution >= 0.6 is 0 Å². The van der Waals surface area contributed by atoms with Crippen LogP contribution in [-0.4, -0.2) is 32.6 Å². The molecular formula is C34H31N5O2. The molecule has 3 aromatic carbocycles. The molecule has 5 aromatic rings. The Morgan fingerprint density at radius 1 is 0.805 bits per heavy atom. The summed E-state index contributed by atoms with van der Waals surface area (Å²) < 4.78 is 1.50. The van der Waals surface area contributed by atoms with E-state index in [-0.39, 0.29) is 11.8 Å². The number of pyridine rings is 1. The van der Waals surface area contributed by atoms with E-state index in [1.54, 1.807) is 19.3 Å². The third-order valence-corrected chi connectivity index (χ3v) is 7.72. The van der Waals surface area contributed by atoms with Crippen molar-refractivity contribution in [2.45, 2.75) is 31.2 Å². The second kappa shape index (κ2) is 11.6. The lowest BCUT2D eigenvalue weighted by Crippen LogP contribution is -2.48. The van der Waals surface area contributed by atoms with Gasteiger partial charge in [-0.3, -0.25) is 19.3 Å². The van der Waals surface area contributed by atoms with E-state index in [0.717, 1.165) is 36.0 Å². The minimum Gasteiger partial charge on any atom is -0.338 e. The van der Waals surface area contributed by atoms with Gasteiger partial charge in [-0.2, -0.15) is 5.10 Å². The molecular weight excluding hydrogens is 510 g/mol. The Morgan fingerprint density at radius 2 is 1.49 bits per heavy atom. The number of carbonyl (C=O) groups is 2. The predicted molar refractivity (Wildman–Crippen MR) is 160 cm³/mol. The molecule has 2 N–H and O–H groups in total. The van der Waals surface area contributed by atoms with Crippen LogP contribution in [0, 0.1) is 0 Å². The summed E-state index contributed by atoms with van der Waals surface area (Å²) in [7, 11) is 1.70. The van der Waals surface area contributed by atoms with Gasteiger partial charge >= 0.3 is 0 Å². The van der Waals surface area contributed by atoms with Gasteiger partial charge < -0.3 is 10.6 Å². The first kappa shape index (κ1) is 26.2. The second-order valence-electron chi connectivity index (χ2n) is 10.3. The average Bonchev–Trinajstić information content (AvgIpc) is 3.67. The third-order valence-electron chi connectivity index (χ3n) is 7.72. The van der Waals surface area contributed by atoms with Crippen LogP contribution in [0.1, 0.15) is 45.2 Å². The first-order chi connectivity index (χ1) is 20.1. The molecule has 2 amide bonds. The Bertz CT molecular complexity index is 1620. The third kappa shape index (κ3) is 5.52. The van der Waals surface area contributed by atoms with E-state index in [0.29, 0.717) is 11.4 Å². The number of fused-ring (bicyclic) bond motifs is 1. The Morgan fingerprint density at radius 3 is 2.12 bits per heavy atom. The lowest BCUT2D eigenvalue weighted by molar-refractivity contribution is -0.118. The topological polar surface area (TPSA) is 88.9 Å². The largest absolute Gasteiger partial charge is 0.338 e. The zero-order chi connectivity index (χ0) is 28.2. The number of anilines is 1. The monoisotopic (exact) mass is 541 g/mol. The SMILES string of the molecule is Cn1nccc1C(=O)NC(C(=O)Nc1ccc(-c2ccnc3c2CCC3)cc1)C(c1ccccc1)c1ccccc1. The molecule has 204 valence electrons. The van der Waals surface area contributed by atoms with E-state index in [1.807, 2.05) is 91.1 Å². The van der Waals surface area contributed by atoms with E-state index < -0.39 is 12.0 Å². The van der Waals surface area contributed by atoms with Gasteiger partial charge in [-0.25, -0.2) is 0 Å². The normalized spacial score (nSPS) is 13.0. The van der Waals surface area contributed by atoms with Crippen LogP contribution in [0.15, 0.2) is 109 Å². The number of aryl methyl sites for hydroxylation is 2. The molecule has 0 aliphatic heterocycles. The molecule has 7 heteroatoms. The summed E-state index contributed by atoms with van der Waals surface area (Å²) in [5, 5.41) is 10.2. The minimum absolute atomic E-state index is 0.309. The molecule has 41 heavy (non-hydrogen) atoms. The molecule has 0 saturated heterocycles. The second-order valence-corrected chi connectivity index (χ2v) is 10.3. The van der Waals surface area contributed by atoms with Crippen LogP contribution in [-0.2, 0) is 24.7 Å². The van der Waals surface area contributed by atoms with Gasteiger partial charge in [-0.15, -0.1) is 0 Å². The molecule has 1 aliphatic rings. The summed E-state index contributed by atoms with van der Waals surface area (Å²) in [6.45, 7) is 0. The Balaban J connectivity index is 1.32. The van der Waals surface area contributed by atoms with Crippen molar-refractivity contribution in [1.29, 1.82) is 0 Å². The average molecular weight is 542 g/mol. The fourth-order valence-corrected chi connectivity index (χ4v) is 5.70. The number of hydrogen-bond donors (Lipinski definition) is 2. The number of benzene rings is 3. The van der Waals surface area contributed by atoms with Crippen LogP contribution in [0.4, 0.5) is 5.69 Å². The van der Waals surface area contributed by atoms with Gasteiger partial charge in [-0.05, 0) is 71.3 Å². The Hall–Kier alpha value is -5.04. The summed E-state index contributed by atoms with van der Waals surface area (Å²) >= 11 is 0. The van der Waals surface area contributed by atoms with Crippen molar-refractivity contribution in [3.8, 4) is 11.1 Å². The molecule has 7 nitrogen and oxygen atoms in total. The lowest BCUT2D eigenvalue weighted by Gasteiger charge is -2.28. The van der Waals surface area contributed by atoms with Gasteiger partial charge in [0.25, 0.3) is 5.91 Å². The highest BCUT2D eigenvalue weighted by Gasteiger charge is 2.33. The van der Waals surface area contributed by atoms with Crippen LogP contribution in [0.2, 0.25) is 0 Å². The number of hydrogen-bond acceptors (Lipinski definition) is 4. The van der Waals surface area contributed by atoms with Gasteiger partial charge in [0.2, 0.25) is 5.91 Å². The lowest BCUT2D eigenvalue weighted by atomic mass is 9.84. The van der Waals surface area contributed by atoms with E-state index >= 15 is 0 Å². The van der Waals surface area contributed by atoms with E-state index in [9.17, 15) is 9.59 Å². The van der Waals surface area contributed by atoms with Gasteiger partial charge in [0.1, 0.15) is 11.7 Å². The van der Waals surface area contributed by atoms with Crippen molar-refractivity contribution in [1.82, 2.24) is 20.1 Å². The number of amides is 2. The fourth-order valence-electron chi connectivity index (χ4n) is 5.70. The van der Waals surface area contributed by atoms with Crippen LogP contribution in [0.25, 0.3) is 11.1 Å². The summed E-state index contributed by atoms with van der Waals surface area (Å²) in [5.74, 6) is -1.10. The molecule has 6 rings (SSSR count). The first-order valence-electron chi connectivity index (χ1n) is 13.9. The molecule has 2 aromatic heterocycles. The predicted octanol–water partition coefficient (Wildman–Crippen LogP) is 5.54. The number of nitrogens with zero attached hydrogens (tertiary/aromatic N) is 3. The summed E-state index contributed by atoms with van der Waals surface area (Å²) in [5.41, 5.74) is 7.66. The highest BCUT2D eigenvalue weighted by molar-refractivity contribution is 6.01. The van der Waals surface area contributed by atoms with Gasteiger partial charge in [0.05, 0.1) is 0 Å². The number of nitrogens with one attached hydrogen (secondary N) is 2. The van der Waals surface area contributed by atoms with Gasteiger partial charge in [-0.1, -0.05) is 72.8 Å². The molecule has 0 radical (unpaired) electrons. The van der Waals surface area contributed by atoms with E-state index in [2.05, 4.69) is 26.8 Å². The highest BCUT2D eigenvalue weighted by atomic mass is 16.2. The molecule has 0 spiro atoms. The smallest absolute Gasteiger partial charge is 0.270 e. The highest BCUT2D eigenvalue weighted by Crippen LogP contribution is 2.32. The number of aromatic nitrogens is 3. The van der Waals surface area contributed by atoms with Crippen molar-refractivity contribution < 1.29 is 9.59 Å². The van der Waals surface area contributed by atoms with Crippen molar-refractivity contribution in [2.24, 2.45) is 7.05 Å². The van der Waals surface area contributed by atoms with E-state index in [1.165, 1.54) is 21.5 Å². The zero-order valence-electron chi connectivity index (χ0n) is 22.8.